The van der Waals surface area contributed by atoms with Gasteiger partial charge in [-0.05, 0) is 34.6 Å². The first kappa shape index (κ1) is 17.9. The lowest BCUT2D eigenvalue weighted by Gasteiger charge is -2.09. The number of rotatable bonds is 6. The number of hydrogen-bond donors (Lipinski definition) is 2. The summed E-state index contributed by atoms with van der Waals surface area (Å²) in [6.07, 6.45) is 1.39. The number of non-ortho nitro benzene ring substituents is 1. The van der Waals surface area contributed by atoms with E-state index < -0.39 is 4.92 Å². The van der Waals surface area contributed by atoms with E-state index in [1.807, 2.05) is 0 Å². The molecule has 0 atom stereocenters. The minimum atomic E-state index is -0.494. The van der Waals surface area contributed by atoms with Crippen LogP contribution in [0.1, 0.15) is 5.56 Å². The number of hydrogen-bond acceptors (Lipinski definition) is 10. The molecule has 144 valence electrons. The molecule has 0 radical (unpaired) electrons. The molecule has 2 heterocycles. The maximum Gasteiger partial charge on any atom is 0.270 e. The van der Waals surface area contributed by atoms with Crippen LogP contribution < -0.4 is 10.7 Å². The molecule has 12 heteroatoms. The maximum atomic E-state index is 13.1. The van der Waals surface area contributed by atoms with E-state index in [0.29, 0.717) is 11.3 Å². The molecule has 4 rings (SSSR count). The van der Waals surface area contributed by atoms with E-state index in [9.17, 15) is 14.5 Å². The number of fused-ring (bicyclic) bond motifs is 1. The lowest BCUT2D eigenvalue weighted by molar-refractivity contribution is -0.384. The molecule has 0 aliphatic carbocycles. The van der Waals surface area contributed by atoms with Crippen molar-refractivity contribution in [3.8, 4) is 0 Å². The second-order valence-electron chi connectivity index (χ2n) is 5.69. The quantitative estimate of drug-likeness (QED) is 0.286. The summed E-state index contributed by atoms with van der Waals surface area (Å²) in [5.74, 6) is 0.0629. The van der Waals surface area contributed by atoms with Gasteiger partial charge in [0.15, 0.2) is 11.6 Å². The minimum absolute atomic E-state index is 0.0532. The molecule has 0 unspecified atom stereocenters. The van der Waals surface area contributed by atoms with Crippen molar-refractivity contribution >= 4 is 40.5 Å². The molecule has 0 amide bonds. The van der Waals surface area contributed by atoms with Gasteiger partial charge in [0, 0.05) is 23.4 Å². The highest BCUT2D eigenvalue weighted by Gasteiger charge is 2.13. The zero-order valence-corrected chi connectivity index (χ0v) is 14.5. The van der Waals surface area contributed by atoms with Gasteiger partial charge in [-0.1, -0.05) is 12.1 Å². The van der Waals surface area contributed by atoms with Gasteiger partial charge in [-0.2, -0.15) is 10.1 Å². The molecular weight excluding hydrogens is 383 g/mol. The topological polar surface area (TPSA) is 144 Å². The van der Waals surface area contributed by atoms with Gasteiger partial charge < -0.3 is 5.32 Å². The third kappa shape index (κ3) is 4.10. The number of hydrazone groups is 1. The van der Waals surface area contributed by atoms with Crippen molar-refractivity contribution in [3.05, 3.63) is 70.0 Å². The van der Waals surface area contributed by atoms with Crippen LogP contribution in [0.15, 0.2) is 58.3 Å². The third-order valence-electron chi connectivity index (χ3n) is 3.69. The third-order valence-corrected chi connectivity index (χ3v) is 3.69. The largest absolute Gasteiger partial charge is 0.337 e. The van der Waals surface area contributed by atoms with Crippen LogP contribution in [0.4, 0.5) is 27.4 Å². The molecule has 0 saturated carbocycles. The fourth-order valence-corrected chi connectivity index (χ4v) is 2.36. The predicted octanol–water partition coefficient (Wildman–Crippen LogP) is 3.25. The molecule has 29 heavy (non-hydrogen) atoms. The first-order chi connectivity index (χ1) is 14.1. The number of nitro benzene ring substituents is 1. The van der Waals surface area contributed by atoms with Crippen LogP contribution in [0.5, 0.6) is 0 Å². The highest BCUT2D eigenvalue weighted by molar-refractivity contribution is 5.82. The Morgan fingerprint density at radius 3 is 2.52 bits per heavy atom. The number of anilines is 3. The van der Waals surface area contributed by atoms with E-state index >= 15 is 0 Å². The van der Waals surface area contributed by atoms with Gasteiger partial charge in [0.1, 0.15) is 5.82 Å². The number of aromatic nitrogens is 4. The van der Waals surface area contributed by atoms with Gasteiger partial charge in [0.25, 0.3) is 5.69 Å². The number of nitro groups is 1. The van der Waals surface area contributed by atoms with Gasteiger partial charge in [0.2, 0.25) is 11.3 Å². The molecule has 0 spiro atoms. The molecule has 0 fully saturated rings. The zero-order valence-electron chi connectivity index (χ0n) is 14.5. The fraction of sp³-hybridized carbons (Fsp3) is 0. The predicted molar refractivity (Wildman–Crippen MR) is 101 cm³/mol. The first-order valence-corrected chi connectivity index (χ1v) is 8.15. The standard InChI is InChI=1S/C17H11FN8O3/c18-11-4-6-12(7-5-11)20-14-15(22-17-16(21-14)24-29-25-17)23-19-9-10-2-1-3-13(8-10)26(27)28/h1-9H,(H,20,21,24)(H,22,23,25). The van der Waals surface area contributed by atoms with Crippen LogP contribution in [-0.2, 0) is 0 Å². The summed E-state index contributed by atoms with van der Waals surface area (Å²) in [7, 11) is 0. The molecule has 0 bridgehead atoms. The van der Waals surface area contributed by atoms with Crippen molar-refractivity contribution in [2.24, 2.45) is 5.10 Å². The average Bonchev–Trinajstić information content (AvgIpc) is 3.17. The monoisotopic (exact) mass is 394 g/mol. The Balaban J connectivity index is 1.60. The number of nitrogens with one attached hydrogen (secondary N) is 2. The summed E-state index contributed by atoms with van der Waals surface area (Å²) < 4.78 is 17.7. The van der Waals surface area contributed by atoms with Crippen LogP contribution in [0.3, 0.4) is 0 Å². The lowest BCUT2D eigenvalue weighted by atomic mass is 10.2. The Kier molecular flexibility index (Phi) is 4.72. The second-order valence-corrected chi connectivity index (χ2v) is 5.69. The Labute approximate surface area is 161 Å². The average molecular weight is 394 g/mol. The lowest BCUT2D eigenvalue weighted by Crippen LogP contribution is -2.03. The molecule has 11 nitrogen and oxygen atoms in total. The summed E-state index contributed by atoms with van der Waals surface area (Å²) >= 11 is 0. The van der Waals surface area contributed by atoms with E-state index in [1.54, 1.807) is 12.1 Å². The van der Waals surface area contributed by atoms with Gasteiger partial charge >= 0.3 is 0 Å². The molecule has 2 N–H and O–H groups in total. The normalized spacial score (nSPS) is 11.1. The smallest absolute Gasteiger partial charge is 0.270 e. The van der Waals surface area contributed by atoms with Gasteiger partial charge in [0.05, 0.1) is 11.1 Å². The molecule has 4 aromatic rings. The highest BCUT2D eigenvalue weighted by atomic mass is 19.1. The summed E-state index contributed by atoms with van der Waals surface area (Å²) in [6.45, 7) is 0. The number of nitrogens with zero attached hydrogens (tertiary/aromatic N) is 6. The van der Waals surface area contributed by atoms with Crippen LogP contribution in [0.2, 0.25) is 0 Å². The summed E-state index contributed by atoms with van der Waals surface area (Å²) in [5.41, 5.74) is 4.04. The first-order valence-electron chi connectivity index (χ1n) is 8.15. The van der Waals surface area contributed by atoms with Crippen molar-refractivity contribution in [3.63, 3.8) is 0 Å². The van der Waals surface area contributed by atoms with E-state index in [-0.39, 0.29) is 34.4 Å². The van der Waals surface area contributed by atoms with Crippen LogP contribution in [0.25, 0.3) is 11.3 Å². The fourth-order valence-electron chi connectivity index (χ4n) is 2.36. The van der Waals surface area contributed by atoms with E-state index in [0.717, 1.165) is 0 Å². The Bertz CT molecular complexity index is 1210. The van der Waals surface area contributed by atoms with Crippen molar-refractivity contribution in [2.75, 3.05) is 10.7 Å². The zero-order chi connectivity index (χ0) is 20.2. The molecular formula is C17H11FN8O3. The second kappa shape index (κ2) is 7.64. The number of benzene rings is 2. The van der Waals surface area contributed by atoms with Crippen LogP contribution >= 0.6 is 0 Å². The van der Waals surface area contributed by atoms with Crippen molar-refractivity contribution in [1.82, 2.24) is 20.3 Å². The maximum absolute atomic E-state index is 13.1. The van der Waals surface area contributed by atoms with Crippen molar-refractivity contribution in [2.45, 2.75) is 0 Å². The SMILES string of the molecule is O=[N+]([O-])c1cccc(C=NNc2nc3nonc3nc2Nc2ccc(F)cc2)c1. The molecule has 2 aromatic carbocycles. The summed E-state index contributed by atoms with van der Waals surface area (Å²) in [4.78, 5) is 18.8. The van der Waals surface area contributed by atoms with Crippen molar-refractivity contribution < 1.29 is 13.9 Å². The van der Waals surface area contributed by atoms with Crippen LogP contribution in [-0.4, -0.2) is 31.4 Å². The number of halogens is 1. The van der Waals surface area contributed by atoms with E-state index in [2.05, 4.69) is 40.8 Å². The Morgan fingerprint density at radius 1 is 1.07 bits per heavy atom. The highest BCUT2D eigenvalue weighted by Crippen LogP contribution is 2.24. The van der Waals surface area contributed by atoms with E-state index in [4.69, 9.17) is 0 Å². The molecule has 0 saturated heterocycles. The summed E-state index contributed by atoms with van der Waals surface area (Å²) in [5, 5.41) is 25.2. The van der Waals surface area contributed by atoms with Gasteiger partial charge in [-0.3, -0.25) is 15.5 Å². The van der Waals surface area contributed by atoms with Crippen LogP contribution in [0, 0.1) is 15.9 Å². The van der Waals surface area contributed by atoms with Gasteiger partial charge in [-0.25, -0.2) is 14.0 Å². The van der Waals surface area contributed by atoms with E-state index in [1.165, 1.54) is 42.6 Å². The van der Waals surface area contributed by atoms with Gasteiger partial charge in [-0.15, -0.1) is 0 Å². The molecule has 2 aromatic heterocycles. The Hall–Kier alpha value is -4.48. The molecule has 0 aliphatic heterocycles. The summed E-state index contributed by atoms with van der Waals surface area (Å²) in [6, 6.07) is 11.6. The molecule has 0 aliphatic rings. The van der Waals surface area contributed by atoms with Crippen molar-refractivity contribution in [1.29, 1.82) is 0 Å². The Morgan fingerprint density at radius 2 is 1.79 bits per heavy atom. The minimum Gasteiger partial charge on any atom is -0.337 e.